The standard InChI is InChI=1S/C3H8OTe/c1-3-4-5-2/h3H2,1-2H3. The third kappa shape index (κ3) is 4.75. The van der Waals surface area contributed by atoms with Crippen LogP contribution in [0.3, 0.4) is 0 Å². The molecule has 0 N–H and O–H groups in total. The fraction of sp³-hybridized carbons (Fsp3) is 1.00. The normalized spacial score (nSPS) is 8.40. The third-order valence-corrected chi connectivity index (χ3v) is 1.58. The van der Waals surface area contributed by atoms with Gasteiger partial charge in [-0.15, -0.1) is 0 Å². The second-order valence-electron chi connectivity index (χ2n) is 0.573. The van der Waals surface area contributed by atoms with Gasteiger partial charge in [0.1, 0.15) is 0 Å². The van der Waals surface area contributed by atoms with Crippen LogP contribution in [0.1, 0.15) is 6.92 Å². The molecule has 2 heteroatoms. The van der Waals surface area contributed by atoms with Crippen LogP contribution in [0.5, 0.6) is 0 Å². The summed E-state index contributed by atoms with van der Waals surface area (Å²) in [5, 5.41) is 0. The van der Waals surface area contributed by atoms with Crippen molar-refractivity contribution in [1.82, 2.24) is 0 Å². The molecule has 0 aromatic heterocycles. The van der Waals surface area contributed by atoms with Gasteiger partial charge in [-0.2, -0.15) is 0 Å². The van der Waals surface area contributed by atoms with E-state index >= 15 is 0 Å². The average Bonchev–Trinajstić information content (AvgIpc) is 1.41. The topological polar surface area (TPSA) is 9.23 Å². The first-order valence-corrected chi connectivity index (χ1v) is 4.85. The molecule has 32 valence electrons. The van der Waals surface area contributed by atoms with Crippen molar-refractivity contribution in [1.29, 1.82) is 0 Å². The molecule has 0 aromatic rings. The van der Waals surface area contributed by atoms with Gasteiger partial charge in [-0.25, -0.2) is 0 Å². The Bertz CT molecular complexity index is 14.4. The summed E-state index contributed by atoms with van der Waals surface area (Å²) >= 11 is -0.0265. The Labute approximate surface area is 43.3 Å². The summed E-state index contributed by atoms with van der Waals surface area (Å²) in [6.07, 6.45) is 0. The molecular formula is C3H8OTe. The van der Waals surface area contributed by atoms with E-state index in [0.29, 0.717) is 0 Å². The Hall–Kier alpha value is 0.750. The summed E-state index contributed by atoms with van der Waals surface area (Å²) in [4.78, 5) is 2.12. The number of hydrogen-bond donors (Lipinski definition) is 0. The van der Waals surface area contributed by atoms with E-state index in [-0.39, 0.29) is 21.3 Å². The van der Waals surface area contributed by atoms with E-state index in [1.807, 2.05) is 6.92 Å². The monoisotopic (exact) mass is 190 g/mol. The quantitative estimate of drug-likeness (QED) is 0.579. The van der Waals surface area contributed by atoms with Crippen LogP contribution in [0.2, 0.25) is 4.97 Å². The maximum absolute atomic E-state index is 4.96. The minimum absolute atomic E-state index is 0.0265. The summed E-state index contributed by atoms with van der Waals surface area (Å²) in [6, 6.07) is 0. The Morgan fingerprint density at radius 3 is 2.40 bits per heavy atom. The Balaban J connectivity index is 2.19. The number of rotatable bonds is 2. The molecule has 0 aliphatic carbocycles. The van der Waals surface area contributed by atoms with Gasteiger partial charge in [0, 0.05) is 0 Å². The van der Waals surface area contributed by atoms with Gasteiger partial charge < -0.3 is 0 Å². The van der Waals surface area contributed by atoms with Gasteiger partial charge in [0.05, 0.1) is 0 Å². The summed E-state index contributed by atoms with van der Waals surface area (Å²) in [6.45, 7) is 2.92. The van der Waals surface area contributed by atoms with Crippen molar-refractivity contribution in [2.24, 2.45) is 0 Å². The molecule has 0 heterocycles. The molecule has 0 radical (unpaired) electrons. The zero-order chi connectivity index (χ0) is 4.12. The van der Waals surface area contributed by atoms with E-state index in [0.717, 1.165) is 6.61 Å². The minimum atomic E-state index is -0.0265. The van der Waals surface area contributed by atoms with Gasteiger partial charge in [0.15, 0.2) is 0 Å². The van der Waals surface area contributed by atoms with E-state index in [9.17, 15) is 0 Å². The van der Waals surface area contributed by atoms with Crippen LogP contribution in [0.25, 0.3) is 0 Å². The molecule has 0 rings (SSSR count). The SMILES string of the molecule is CCO[Te]C. The van der Waals surface area contributed by atoms with Gasteiger partial charge in [-0.1, -0.05) is 0 Å². The third-order valence-electron chi connectivity index (χ3n) is 0.236. The fourth-order valence-electron chi connectivity index (χ4n) is 0.118. The Kier molecular flexibility index (Phi) is 5.46. The Morgan fingerprint density at radius 2 is 2.40 bits per heavy atom. The second-order valence-corrected chi connectivity index (χ2v) is 2.20. The molecule has 0 saturated heterocycles. The second kappa shape index (κ2) is 4.75. The first-order chi connectivity index (χ1) is 2.41. The van der Waals surface area contributed by atoms with Crippen LogP contribution in [0.4, 0.5) is 0 Å². The molecule has 0 fully saturated rings. The van der Waals surface area contributed by atoms with E-state index in [4.69, 9.17) is 3.10 Å². The molecule has 0 saturated carbocycles. The van der Waals surface area contributed by atoms with Crippen LogP contribution in [-0.4, -0.2) is 27.9 Å². The van der Waals surface area contributed by atoms with Gasteiger partial charge >= 0.3 is 42.9 Å². The van der Waals surface area contributed by atoms with Crippen LogP contribution in [0, 0.1) is 0 Å². The first-order valence-electron chi connectivity index (χ1n) is 1.57. The molecule has 0 aliphatic heterocycles. The predicted octanol–water partition coefficient (Wildman–Crippen LogP) is 0.690. The summed E-state index contributed by atoms with van der Waals surface area (Å²) < 4.78 is 4.96. The molecule has 5 heavy (non-hydrogen) atoms. The van der Waals surface area contributed by atoms with Crippen LogP contribution in [-0.2, 0) is 3.10 Å². The molecular weight excluding hydrogens is 180 g/mol. The summed E-state index contributed by atoms with van der Waals surface area (Å²) in [7, 11) is 0. The Morgan fingerprint density at radius 1 is 1.80 bits per heavy atom. The summed E-state index contributed by atoms with van der Waals surface area (Å²) in [5.74, 6) is 0. The zero-order valence-electron chi connectivity index (χ0n) is 3.52. The van der Waals surface area contributed by atoms with Gasteiger partial charge in [-0.3, -0.25) is 0 Å². The molecule has 0 amide bonds. The van der Waals surface area contributed by atoms with Gasteiger partial charge in [0.25, 0.3) is 0 Å². The number of hydrogen-bond acceptors (Lipinski definition) is 1. The molecule has 0 bridgehead atoms. The van der Waals surface area contributed by atoms with Gasteiger partial charge in [-0.05, 0) is 0 Å². The predicted molar refractivity (Wildman–Crippen MR) is 23.2 cm³/mol. The van der Waals surface area contributed by atoms with Crippen molar-refractivity contribution >= 4 is 21.3 Å². The van der Waals surface area contributed by atoms with Crippen molar-refractivity contribution in [2.45, 2.75) is 11.9 Å². The maximum atomic E-state index is 4.96. The van der Waals surface area contributed by atoms with E-state index in [1.165, 1.54) is 0 Å². The van der Waals surface area contributed by atoms with Crippen LogP contribution in [0.15, 0.2) is 0 Å². The van der Waals surface area contributed by atoms with Crippen molar-refractivity contribution in [3.05, 3.63) is 0 Å². The van der Waals surface area contributed by atoms with Crippen molar-refractivity contribution in [2.75, 3.05) is 6.61 Å². The average molecular weight is 188 g/mol. The zero-order valence-corrected chi connectivity index (χ0v) is 5.85. The molecule has 0 aliphatic rings. The van der Waals surface area contributed by atoms with Crippen LogP contribution >= 0.6 is 0 Å². The first kappa shape index (κ1) is 5.75. The molecule has 0 atom stereocenters. The van der Waals surface area contributed by atoms with Crippen molar-refractivity contribution in [3.8, 4) is 0 Å². The molecule has 0 spiro atoms. The molecule has 0 unspecified atom stereocenters. The van der Waals surface area contributed by atoms with Crippen molar-refractivity contribution in [3.63, 3.8) is 0 Å². The fourth-order valence-corrected chi connectivity index (χ4v) is 0.791. The molecule has 1 nitrogen and oxygen atoms in total. The summed E-state index contributed by atoms with van der Waals surface area (Å²) in [5.41, 5.74) is 0. The van der Waals surface area contributed by atoms with E-state index < -0.39 is 0 Å². The van der Waals surface area contributed by atoms with Gasteiger partial charge in [0.2, 0.25) is 0 Å². The van der Waals surface area contributed by atoms with E-state index in [1.54, 1.807) is 0 Å². The van der Waals surface area contributed by atoms with Crippen LogP contribution < -0.4 is 0 Å². The van der Waals surface area contributed by atoms with Crippen molar-refractivity contribution < 1.29 is 3.10 Å². The molecule has 0 aromatic carbocycles. The van der Waals surface area contributed by atoms with E-state index in [2.05, 4.69) is 4.97 Å².